The molecule has 3 fully saturated rings. The summed E-state index contributed by atoms with van der Waals surface area (Å²) in [6, 6.07) is 4.39. The van der Waals surface area contributed by atoms with Crippen LogP contribution in [0.4, 0.5) is 5.82 Å². The summed E-state index contributed by atoms with van der Waals surface area (Å²) in [5.41, 5.74) is 9.76. The second-order valence-corrected chi connectivity index (χ2v) is 14.9. The number of thiazole rings is 1. The molecule has 5 amide bonds. The van der Waals surface area contributed by atoms with Crippen LogP contribution in [0.15, 0.2) is 72.2 Å². The molecule has 4 aliphatic heterocycles. The molecule has 1 atom stereocenters. The van der Waals surface area contributed by atoms with E-state index >= 15 is 0 Å². The molecule has 6 heterocycles. The Balaban J connectivity index is 0.926. The van der Waals surface area contributed by atoms with E-state index in [1.807, 2.05) is 23.6 Å². The van der Waals surface area contributed by atoms with Gasteiger partial charge in [0, 0.05) is 49.0 Å². The third-order valence-corrected chi connectivity index (χ3v) is 11.6. The van der Waals surface area contributed by atoms with Gasteiger partial charge < -0.3 is 16.0 Å². The smallest absolute Gasteiger partial charge is 0.271 e. The minimum atomic E-state index is -0.970. The number of allylic oxidation sites excluding steroid dienone is 4. The van der Waals surface area contributed by atoms with Crippen LogP contribution in [0.2, 0.25) is 0 Å². The summed E-state index contributed by atoms with van der Waals surface area (Å²) in [6.45, 7) is 10.5. The minimum Gasteiger partial charge on any atom is -0.375 e. The van der Waals surface area contributed by atoms with Crippen molar-refractivity contribution in [1.29, 1.82) is 0 Å². The van der Waals surface area contributed by atoms with Crippen LogP contribution in [0.5, 0.6) is 0 Å². The standard InChI is InChI=1S/C38H41N9O5S/c1-3-25(42-33-31(32(39)49)41-21-28(43-33)35-40-14-19-53-35)6-4-23(2)46-17-12-38(13-18-46)10-15-45(16-11-38)22-24-5-7-26-27(20-24)37(52)47(36(26)51)29-8-9-30(48)44-34(29)50/h3-7,14,19-21,29H,1,8-13,15-18,22H2,2H3,(H2,39,49)(H,42,43)(H,44,48,50)/b23-4+,25-6+. The van der Waals surface area contributed by atoms with Gasteiger partial charge in [0.25, 0.3) is 17.7 Å². The van der Waals surface area contributed by atoms with Gasteiger partial charge in [0.05, 0.1) is 17.3 Å². The van der Waals surface area contributed by atoms with Crippen molar-refractivity contribution in [3.05, 3.63) is 94.6 Å². The monoisotopic (exact) mass is 735 g/mol. The highest BCUT2D eigenvalue weighted by Gasteiger charge is 2.45. The number of primary amides is 1. The summed E-state index contributed by atoms with van der Waals surface area (Å²) < 4.78 is 0. The maximum absolute atomic E-state index is 13.3. The van der Waals surface area contributed by atoms with Crippen molar-refractivity contribution in [2.45, 2.75) is 58.0 Å². The van der Waals surface area contributed by atoms with Crippen LogP contribution in [-0.2, 0) is 16.1 Å². The van der Waals surface area contributed by atoms with Gasteiger partial charge in [-0.05, 0) is 93.5 Å². The van der Waals surface area contributed by atoms with Crippen molar-refractivity contribution in [3.8, 4) is 10.7 Å². The number of benzene rings is 1. The van der Waals surface area contributed by atoms with E-state index in [4.69, 9.17) is 5.73 Å². The Labute approximate surface area is 310 Å². The molecule has 3 saturated heterocycles. The molecular weight excluding hydrogens is 695 g/mol. The van der Waals surface area contributed by atoms with Crippen LogP contribution in [0.1, 0.15) is 82.2 Å². The minimum absolute atomic E-state index is 0.0309. The van der Waals surface area contributed by atoms with Crippen LogP contribution in [0, 0.1) is 5.41 Å². The number of imide groups is 2. The summed E-state index contributed by atoms with van der Waals surface area (Å²) in [5, 5.41) is 7.93. The van der Waals surface area contributed by atoms with E-state index in [2.05, 4.69) is 48.9 Å². The summed E-state index contributed by atoms with van der Waals surface area (Å²) in [7, 11) is 0. The van der Waals surface area contributed by atoms with Gasteiger partial charge in [0.1, 0.15) is 16.7 Å². The van der Waals surface area contributed by atoms with E-state index in [1.165, 1.54) is 17.5 Å². The lowest BCUT2D eigenvalue weighted by molar-refractivity contribution is -0.136. The maximum Gasteiger partial charge on any atom is 0.271 e. The molecule has 0 radical (unpaired) electrons. The first-order valence-electron chi connectivity index (χ1n) is 17.7. The Morgan fingerprint density at radius 1 is 1.06 bits per heavy atom. The molecule has 14 nitrogen and oxygen atoms in total. The molecule has 7 rings (SSSR count). The third kappa shape index (κ3) is 7.39. The van der Waals surface area contributed by atoms with Crippen LogP contribution in [-0.4, -0.2) is 91.4 Å². The number of aromatic nitrogens is 3. The lowest BCUT2D eigenvalue weighted by atomic mass is 9.71. The molecule has 53 heavy (non-hydrogen) atoms. The molecule has 0 saturated carbocycles. The fourth-order valence-electron chi connectivity index (χ4n) is 7.62. The Morgan fingerprint density at radius 2 is 1.79 bits per heavy atom. The largest absolute Gasteiger partial charge is 0.375 e. The highest BCUT2D eigenvalue weighted by Crippen LogP contribution is 2.42. The first kappa shape index (κ1) is 35.8. The molecule has 4 aliphatic rings. The number of anilines is 1. The van der Waals surface area contributed by atoms with Crippen molar-refractivity contribution in [1.82, 2.24) is 35.0 Å². The quantitative estimate of drug-likeness (QED) is 0.203. The molecule has 0 aliphatic carbocycles. The van der Waals surface area contributed by atoms with Gasteiger partial charge in [0.2, 0.25) is 11.8 Å². The molecular formula is C38H41N9O5S. The highest BCUT2D eigenvalue weighted by molar-refractivity contribution is 7.13. The van der Waals surface area contributed by atoms with Gasteiger partial charge in [-0.25, -0.2) is 15.0 Å². The second-order valence-electron chi connectivity index (χ2n) is 14.0. The van der Waals surface area contributed by atoms with Crippen molar-refractivity contribution in [2.24, 2.45) is 11.1 Å². The Kier molecular flexibility index (Phi) is 10.0. The zero-order valence-corrected chi connectivity index (χ0v) is 30.3. The normalized spacial score (nSPS) is 20.8. The second kappa shape index (κ2) is 14.8. The van der Waals surface area contributed by atoms with Crippen LogP contribution < -0.4 is 16.4 Å². The predicted octanol–water partition coefficient (Wildman–Crippen LogP) is 3.86. The number of likely N-dealkylation sites (tertiary alicyclic amines) is 2. The van der Waals surface area contributed by atoms with Crippen LogP contribution >= 0.6 is 11.3 Å². The van der Waals surface area contributed by atoms with Crippen molar-refractivity contribution < 1.29 is 24.0 Å². The Bertz CT molecular complexity index is 2040. The molecule has 1 unspecified atom stereocenters. The van der Waals surface area contributed by atoms with Crippen LogP contribution in [0.3, 0.4) is 0 Å². The predicted molar refractivity (Wildman–Crippen MR) is 198 cm³/mol. The summed E-state index contributed by atoms with van der Waals surface area (Å²) in [6.07, 6.45) is 13.3. The molecule has 1 aromatic carbocycles. The van der Waals surface area contributed by atoms with Gasteiger partial charge >= 0.3 is 0 Å². The zero-order chi connectivity index (χ0) is 37.3. The number of hydrogen-bond acceptors (Lipinski definition) is 12. The summed E-state index contributed by atoms with van der Waals surface area (Å²) >= 11 is 1.42. The Hall–Kier alpha value is -5.54. The number of nitrogens with one attached hydrogen (secondary N) is 2. The molecule has 15 heteroatoms. The average Bonchev–Trinajstić information content (AvgIpc) is 3.78. The first-order valence-corrected chi connectivity index (χ1v) is 18.6. The van der Waals surface area contributed by atoms with Crippen molar-refractivity contribution in [3.63, 3.8) is 0 Å². The summed E-state index contributed by atoms with van der Waals surface area (Å²) in [5.74, 6) is -2.42. The topological polar surface area (TPSA) is 184 Å². The third-order valence-electron chi connectivity index (χ3n) is 10.8. The fraction of sp³-hybridized carbons (Fsp3) is 0.368. The first-order chi connectivity index (χ1) is 25.5. The van der Waals surface area contributed by atoms with Crippen LogP contribution in [0.25, 0.3) is 10.7 Å². The van der Waals surface area contributed by atoms with E-state index in [1.54, 1.807) is 24.4 Å². The van der Waals surface area contributed by atoms with E-state index in [0.717, 1.165) is 68.0 Å². The van der Waals surface area contributed by atoms with Crippen molar-refractivity contribution >= 4 is 46.7 Å². The Morgan fingerprint density at radius 3 is 2.47 bits per heavy atom. The molecule has 0 bridgehead atoms. The SMILES string of the molecule is C=C/C(=C\C=C(/C)N1CCC2(CCN(Cc3ccc4c(c3)C(=O)N(C3CCC(=O)NC3=O)C4=O)CC2)CC1)Nc1nc(-c2nccs2)cnc1C(N)=O. The number of fused-ring (bicyclic) bond motifs is 1. The lowest BCUT2D eigenvalue weighted by Crippen LogP contribution is -2.54. The molecule has 4 N–H and O–H groups in total. The number of nitrogens with zero attached hydrogens (tertiary/aromatic N) is 6. The number of nitrogens with two attached hydrogens (primary N) is 1. The average molecular weight is 736 g/mol. The molecule has 3 aromatic rings. The van der Waals surface area contributed by atoms with Gasteiger partial charge in [-0.1, -0.05) is 12.6 Å². The van der Waals surface area contributed by atoms with Gasteiger partial charge in [-0.3, -0.25) is 39.1 Å². The van der Waals surface area contributed by atoms with Gasteiger partial charge in [-0.15, -0.1) is 11.3 Å². The van der Waals surface area contributed by atoms with Gasteiger partial charge in [0.15, 0.2) is 11.5 Å². The lowest BCUT2D eigenvalue weighted by Gasteiger charge is -2.47. The number of piperidine rings is 3. The van der Waals surface area contributed by atoms with E-state index < -0.39 is 35.6 Å². The summed E-state index contributed by atoms with van der Waals surface area (Å²) in [4.78, 5) is 81.3. The zero-order valence-electron chi connectivity index (χ0n) is 29.5. The highest BCUT2D eigenvalue weighted by atomic mass is 32.1. The van der Waals surface area contributed by atoms with E-state index in [9.17, 15) is 24.0 Å². The molecule has 274 valence electrons. The van der Waals surface area contributed by atoms with Gasteiger partial charge in [-0.2, -0.15) is 0 Å². The number of rotatable bonds is 10. The van der Waals surface area contributed by atoms with Crippen molar-refractivity contribution in [2.75, 3.05) is 31.5 Å². The number of hydrogen-bond donors (Lipinski definition) is 3. The number of carbonyl (C=O) groups excluding carboxylic acids is 5. The molecule has 2 aromatic heterocycles. The maximum atomic E-state index is 13.3. The number of carbonyl (C=O) groups is 5. The van der Waals surface area contributed by atoms with E-state index in [0.29, 0.717) is 34.1 Å². The number of amides is 5. The van der Waals surface area contributed by atoms with E-state index in [-0.39, 0.29) is 29.8 Å². The fourth-order valence-corrected chi connectivity index (χ4v) is 8.21. The molecule has 1 spiro atoms.